The largest absolute Gasteiger partial charge is 0.493 e. The van der Waals surface area contributed by atoms with Gasteiger partial charge >= 0.3 is 0 Å². The van der Waals surface area contributed by atoms with E-state index in [1.165, 1.54) is 10.7 Å². The van der Waals surface area contributed by atoms with E-state index in [0.717, 1.165) is 5.56 Å². The van der Waals surface area contributed by atoms with E-state index in [9.17, 15) is 12.8 Å². The second kappa shape index (κ2) is 8.37. The number of ether oxygens (including phenoxy) is 2. The maximum absolute atomic E-state index is 14.4. The molecule has 0 bridgehead atoms. The number of hydrogen-bond donors (Lipinski definition) is 1. The van der Waals surface area contributed by atoms with E-state index < -0.39 is 15.8 Å². The van der Waals surface area contributed by atoms with Gasteiger partial charge in [-0.05, 0) is 38.0 Å². The number of aryl methyl sites for hydroxylation is 1. The van der Waals surface area contributed by atoms with Gasteiger partial charge in [-0.25, -0.2) is 22.2 Å². The van der Waals surface area contributed by atoms with Gasteiger partial charge in [0.25, 0.3) is 0 Å². The van der Waals surface area contributed by atoms with Crippen molar-refractivity contribution in [3.05, 3.63) is 42.0 Å². The lowest BCUT2D eigenvalue weighted by molar-refractivity contribution is 0.0186. The molecule has 9 heteroatoms. The van der Waals surface area contributed by atoms with Crippen molar-refractivity contribution in [2.45, 2.75) is 26.3 Å². The number of nitrogens with zero attached hydrogens (tertiary/aromatic N) is 2. The van der Waals surface area contributed by atoms with Crippen LogP contribution in [-0.4, -0.2) is 49.8 Å². The molecular formula is C18H24FN3O4S. The quantitative estimate of drug-likeness (QED) is 0.773. The molecule has 1 aromatic heterocycles. The third-order valence-electron chi connectivity index (χ3n) is 4.53. The van der Waals surface area contributed by atoms with E-state index in [1.807, 2.05) is 6.92 Å². The number of benzene rings is 1. The van der Waals surface area contributed by atoms with Crippen molar-refractivity contribution in [2.75, 3.05) is 25.6 Å². The zero-order chi connectivity index (χ0) is 19.4. The van der Waals surface area contributed by atoms with Crippen LogP contribution in [0.15, 0.2) is 30.6 Å². The smallest absolute Gasteiger partial charge is 0.211 e. The molecule has 1 aliphatic heterocycles. The van der Waals surface area contributed by atoms with E-state index in [1.54, 1.807) is 31.5 Å². The zero-order valence-corrected chi connectivity index (χ0v) is 16.2. The van der Waals surface area contributed by atoms with E-state index in [-0.39, 0.29) is 24.3 Å². The Bertz CT molecular complexity index is 884. The first-order chi connectivity index (χ1) is 12.9. The number of rotatable bonds is 7. The number of nitrogens with one attached hydrogen (secondary N) is 1. The number of halogens is 1. The summed E-state index contributed by atoms with van der Waals surface area (Å²) in [6.07, 6.45) is 3.98. The molecule has 1 aromatic carbocycles. The van der Waals surface area contributed by atoms with Crippen LogP contribution in [0.2, 0.25) is 0 Å². The summed E-state index contributed by atoms with van der Waals surface area (Å²) in [5, 5.41) is 4.10. The standard InChI is InChI=1S/C18H24FN3O4S/c1-3-27(23,24)21-17-6-7-25-11-14(17)12-26-15-4-5-18(16(19)8-15)22-10-13(2)9-20-22/h4-5,8-10,14,17,21H,3,6-7,11-12H2,1-2H3. The van der Waals surface area contributed by atoms with Gasteiger partial charge in [0.2, 0.25) is 10.0 Å². The van der Waals surface area contributed by atoms with Gasteiger partial charge in [-0.3, -0.25) is 0 Å². The number of aromatic nitrogens is 2. The molecular weight excluding hydrogens is 373 g/mol. The minimum absolute atomic E-state index is 0.0253. The molecule has 148 valence electrons. The molecule has 2 unspecified atom stereocenters. The van der Waals surface area contributed by atoms with Crippen molar-refractivity contribution in [1.82, 2.24) is 14.5 Å². The molecule has 2 atom stereocenters. The van der Waals surface area contributed by atoms with E-state index >= 15 is 0 Å². The summed E-state index contributed by atoms with van der Waals surface area (Å²) in [4.78, 5) is 0. The molecule has 0 amide bonds. The van der Waals surface area contributed by atoms with Gasteiger partial charge in [0, 0.05) is 30.8 Å². The first-order valence-corrected chi connectivity index (χ1v) is 10.5. The molecule has 3 rings (SSSR count). The van der Waals surface area contributed by atoms with Crippen LogP contribution in [0.3, 0.4) is 0 Å². The maximum atomic E-state index is 14.4. The Hall–Kier alpha value is -1.97. The van der Waals surface area contributed by atoms with Gasteiger partial charge in [0.15, 0.2) is 5.82 Å². The van der Waals surface area contributed by atoms with E-state index in [2.05, 4.69) is 9.82 Å². The molecule has 0 aliphatic carbocycles. The Labute approximate surface area is 158 Å². The van der Waals surface area contributed by atoms with Crippen molar-refractivity contribution in [1.29, 1.82) is 0 Å². The molecule has 0 radical (unpaired) electrons. The summed E-state index contributed by atoms with van der Waals surface area (Å²) >= 11 is 0. The Kier molecular flexibility index (Phi) is 6.13. The highest BCUT2D eigenvalue weighted by Gasteiger charge is 2.29. The van der Waals surface area contributed by atoms with Crippen LogP contribution in [0.5, 0.6) is 5.75 Å². The van der Waals surface area contributed by atoms with Gasteiger partial charge in [0.1, 0.15) is 11.4 Å². The molecule has 1 aliphatic rings. The van der Waals surface area contributed by atoms with Gasteiger partial charge in [0.05, 0.1) is 25.2 Å². The molecule has 2 aromatic rings. The first-order valence-electron chi connectivity index (χ1n) is 8.89. The number of hydrogen-bond acceptors (Lipinski definition) is 5. The minimum Gasteiger partial charge on any atom is -0.493 e. The van der Waals surface area contributed by atoms with Crippen molar-refractivity contribution in [3.63, 3.8) is 0 Å². The predicted octanol–water partition coefficient (Wildman–Crippen LogP) is 2.04. The fourth-order valence-electron chi connectivity index (χ4n) is 2.94. The average Bonchev–Trinajstić information content (AvgIpc) is 3.07. The molecule has 1 N–H and O–H groups in total. The normalized spacial score (nSPS) is 20.6. The average molecular weight is 397 g/mol. The molecule has 7 nitrogen and oxygen atoms in total. The number of sulfonamides is 1. The van der Waals surface area contributed by atoms with Crippen molar-refractivity contribution in [3.8, 4) is 11.4 Å². The maximum Gasteiger partial charge on any atom is 0.211 e. The molecule has 1 fully saturated rings. The fourth-order valence-corrected chi connectivity index (χ4v) is 3.88. The summed E-state index contributed by atoms with van der Waals surface area (Å²) in [5.74, 6) is -0.185. The highest BCUT2D eigenvalue weighted by molar-refractivity contribution is 7.89. The van der Waals surface area contributed by atoms with Crippen LogP contribution in [0.25, 0.3) is 5.69 Å². The minimum atomic E-state index is -3.31. The van der Waals surface area contributed by atoms with Crippen LogP contribution < -0.4 is 9.46 Å². The Morgan fingerprint density at radius 3 is 2.93 bits per heavy atom. The molecule has 2 heterocycles. The third kappa shape index (κ3) is 5.06. The predicted molar refractivity (Wildman–Crippen MR) is 99.1 cm³/mol. The summed E-state index contributed by atoms with van der Waals surface area (Å²) in [6, 6.07) is 4.33. The second-order valence-corrected chi connectivity index (χ2v) is 8.68. The van der Waals surface area contributed by atoms with Gasteiger partial charge in [-0.1, -0.05) is 0 Å². The molecule has 0 saturated carbocycles. The van der Waals surface area contributed by atoms with Crippen molar-refractivity contribution < 1.29 is 22.3 Å². The Balaban J connectivity index is 1.65. The lowest BCUT2D eigenvalue weighted by Gasteiger charge is -2.31. The van der Waals surface area contributed by atoms with Crippen LogP contribution >= 0.6 is 0 Å². The first kappa shape index (κ1) is 19.8. The Morgan fingerprint density at radius 2 is 2.26 bits per heavy atom. The van der Waals surface area contributed by atoms with Crippen molar-refractivity contribution >= 4 is 10.0 Å². The third-order valence-corrected chi connectivity index (χ3v) is 5.95. The highest BCUT2D eigenvalue weighted by atomic mass is 32.2. The van der Waals surface area contributed by atoms with Crippen LogP contribution in [0.4, 0.5) is 4.39 Å². The summed E-state index contributed by atoms with van der Waals surface area (Å²) < 4.78 is 53.5. The zero-order valence-electron chi connectivity index (χ0n) is 15.4. The molecule has 1 saturated heterocycles. The summed E-state index contributed by atoms with van der Waals surface area (Å²) in [5.41, 5.74) is 1.28. The molecule has 0 spiro atoms. The second-order valence-electron chi connectivity index (χ2n) is 6.64. The van der Waals surface area contributed by atoms with Crippen molar-refractivity contribution in [2.24, 2.45) is 5.92 Å². The van der Waals surface area contributed by atoms with Gasteiger partial charge in [-0.15, -0.1) is 0 Å². The van der Waals surface area contributed by atoms with E-state index in [4.69, 9.17) is 9.47 Å². The summed E-state index contributed by atoms with van der Waals surface area (Å²) in [7, 11) is -3.31. The highest BCUT2D eigenvalue weighted by Crippen LogP contribution is 2.22. The topological polar surface area (TPSA) is 82.5 Å². The van der Waals surface area contributed by atoms with Crippen LogP contribution in [-0.2, 0) is 14.8 Å². The van der Waals surface area contributed by atoms with Crippen LogP contribution in [0.1, 0.15) is 18.9 Å². The SMILES string of the molecule is CCS(=O)(=O)NC1CCOCC1COc1ccc(-n2cc(C)cn2)c(F)c1. The fraction of sp³-hybridized carbons (Fsp3) is 0.500. The molecule has 27 heavy (non-hydrogen) atoms. The Morgan fingerprint density at radius 1 is 1.44 bits per heavy atom. The van der Waals surface area contributed by atoms with Gasteiger partial charge in [-0.2, -0.15) is 5.10 Å². The monoisotopic (exact) mass is 397 g/mol. The summed E-state index contributed by atoms with van der Waals surface area (Å²) in [6.45, 7) is 4.60. The van der Waals surface area contributed by atoms with Crippen LogP contribution in [0, 0.1) is 18.7 Å². The van der Waals surface area contributed by atoms with E-state index in [0.29, 0.717) is 31.1 Å². The lowest BCUT2D eigenvalue weighted by Crippen LogP contribution is -2.47. The van der Waals surface area contributed by atoms with Gasteiger partial charge < -0.3 is 9.47 Å². The lowest BCUT2D eigenvalue weighted by atomic mass is 9.98.